The van der Waals surface area contributed by atoms with Crippen LogP contribution in [-0.2, 0) is 4.79 Å². The maximum atomic E-state index is 13.1. The molecule has 19 heavy (non-hydrogen) atoms. The van der Waals surface area contributed by atoms with E-state index < -0.39 is 23.2 Å². The Hall–Kier alpha value is -1.82. The van der Waals surface area contributed by atoms with E-state index >= 15 is 0 Å². The number of aliphatic carboxylic acids is 1. The first kappa shape index (κ1) is 15.2. The Morgan fingerprint density at radius 3 is 2.58 bits per heavy atom. The van der Waals surface area contributed by atoms with Gasteiger partial charge in [-0.1, -0.05) is 11.6 Å². The Kier molecular flexibility index (Phi) is 4.72. The van der Waals surface area contributed by atoms with E-state index in [-0.39, 0.29) is 17.3 Å². The molecule has 0 bridgehead atoms. The first-order valence-corrected chi connectivity index (χ1v) is 5.83. The fraction of sp³-hybridized carbons (Fsp3) is 0.333. The molecular formula is C12H14ClFN2O3. The Morgan fingerprint density at radius 1 is 1.42 bits per heavy atom. The fourth-order valence-corrected chi connectivity index (χ4v) is 1.24. The number of halogens is 2. The number of nitrogens with one attached hydrogen (secondary N) is 2. The number of benzene rings is 1. The summed E-state index contributed by atoms with van der Waals surface area (Å²) in [5, 5.41) is 13.6. The van der Waals surface area contributed by atoms with Gasteiger partial charge in [0, 0.05) is 12.2 Å². The lowest BCUT2D eigenvalue weighted by molar-refractivity contribution is -0.146. The van der Waals surface area contributed by atoms with Gasteiger partial charge >= 0.3 is 12.0 Å². The van der Waals surface area contributed by atoms with Crippen molar-refractivity contribution in [2.75, 3.05) is 11.9 Å². The van der Waals surface area contributed by atoms with Gasteiger partial charge in [-0.2, -0.15) is 0 Å². The van der Waals surface area contributed by atoms with Crippen LogP contribution in [0.25, 0.3) is 0 Å². The topological polar surface area (TPSA) is 78.4 Å². The van der Waals surface area contributed by atoms with E-state index in [2.05, 4.69) is 10.6 Å². The summed E-state index contributed by atoms with van der Waals surface area (Å²) < 4.78 is 13.1. The zero-order chi connectivity index (χ0) is 14.6. The van der Waals surface area contributed by atoms with Gasteiger partial charge in [-0.3, -0.25) is 4.79 Å². The highest BCUT2D eigenvalue weighted by Crippen LogP contribution is 2.18. The van der Waals surface area contributed by atoms with E-state index in [9.17, 15) is 14.0 Å². The minimum Gasteiger partial charge on any atom is -0.481 e. The number of hydrogen-bond acceptors (Lipinski definition) is 2. The maximum Gasteiger partial charge on any atom is 0.319 e. The van der Waals surface area contributed by atoms with Gasteiger partial charge in [0.1, 0.15) is 5.82 Å². The van der Waals surface area contributed by atoms with Crippen LogP contribution in [0.5, 0.6) is 0 Å². The highest BCUT2D eigenvalue weighted by atomic mass is 35.5. The number of urea groups is 1. The Labute approximate surface area is 114 Å². The molecule has 0 aliphatic rings. The third kappa shape index (κ3) is 4.40. The third-order valence-corrected chi connectivity index (χ3v) is 2.75. The van der Waals surface area contributed by atoms with Gasteiger partial charge in [-0.25, -0.2) is 9.18 Å². The van der Waals surface area contributed by atoms with E-state index in [1.165, 1.54) is 26.0 Å². The lowest BCUT2D eigenvalue weighted by atomic mass is 9.94. The minimum absolute atomic E-state index is 0.0435. The van der Waals surface area contributed by atoms with Crippen LogP contribution in [0.4, 0.5) is 14.9 Å². The molecule has 0 aromatic heterocycles. The van der Waals surface area contributed by atoms with Crippen LogP contribution in [0.15, 0.2) is 18.2 Å². The second-order valence-corrected chi connectivity index (χ2v) is 5.03. The van der Waals surface area contributed by atoms with Crippen LogP contribution in [0.1, 0.15) is 13.8 Å². The van der Waals surface area contributed by atoms with Crippen molar-refractivity contribution in [1.82, 2.24) is 5.32 Å². The zero-order valence-corrected chi connectivity index (χ0v) is 11.2. The van der Waals surface area contributed by atoms with Gasteiger partial charge in [0.05, 0.1) is 10.4 Å². The summed E-state index contributed by atoms with van der Waals surface area (Å²) in [6.45, 7) is 2.92. The second-order valence-electron chi connectivity index (χ2n) is 4.63. The summed E-state index contributed by atoms with van der Waals surface area (Å²) in [5.74, 6) is -1.67. The van der Waals surface area contributed by atoms with Crippen molar-refractivity contribution in [3.05, 3.63) is 29.0 Å². The van der Waals surface area contributed by atoms with E-state index in [1.54, 1.807) is 0 Å². The van der Waals surface area contributed by atoms with Gasteiger partial charge in [0.25, 0.3) is 0 Å². The molecule has 1 aromatic rings. The number of hydrogen-bond donors (Lipinski definition) is 3. The van der Waals surface area contributed by atoms with E-state index in [0.717, 1.165) is 6.07 Å². The van der Waals surface area contributed by atoms with Crippen molar-refractivity contribution < 1.29 is 19.1 Å². The summed E-state index contributed by atoms with van der Waals surface area (Å²) in [5.41, 5.74) is -0.852. The predicted octanol–water partition coefficient (Wildman–Crippen LogP) is 2.71. The molecule has 0 fully saturated rings. The summed E-state index contributed by atoms with van der Waals surface area (Å²) in [4.78, 5) is 22.3. The van der Waals surface area contributed by atoms with Gasteiger partial charge in [0.2, 0.25) is 0 Å². The van der Waals surface area contributed by atoms with Crippen molar-refractivity contribution in [3.8, 4) is 0 Å². The maximum absolute atomic E-state index is 13.1. The van der Waals surface area contributed by atoms with E-state index in [1.807, 2.05) is 0 Å². The van der Waals surface area contributed by atoms with Gasteiger partial charge in [-0.05, 0) is 32.0 Å². The molecule has 104 valence electrons. The molecule has 0 atom stereocenters. The van der Waals surface area contributed by atoms with Crippen molar-refractivity contribution in [2.45, 2.75) is 13.8 Å². The number of rotatable bonds is 4. The van der Waals surface area contributed by atoms with Gasteiger partial charge in [0.15, 0.2) is 0 Å². The monoisotopic (exact) mass is 288 g/mol. The summed E-state index contributed by atoms with van der Waals surface area (Å²) in [6, 6.07) is 3.21. The van der Waals surface area contributed by atoms with Crippen LogP contribution in [0.2, 0.25) is 5.02 Å². The Morgan fingerprint density at radius 2 is 2.05 bits per heavy atom. The van der Waals surface area contributed by atoms with Gasteiger partial charge in [-0.15, -0.1) is 0 Å². The van der Waals surface area contributed by atoms with Crippen molar-refractivity contribution in [1.29, 1.82) is 0 Å². The SMILES string of the molecule is CC(C)(CNC(=O)Nc1ccc(Cl)c(F)c1)C(=O)O. The largest absolute Gasteiger partial charge is 0.481 e. The normalized spacial score (nSPS) is 10.9. The highest BCUT2D eigenvalue weighted by Gasteiger charge is 2.27. The molecule has 2 amide bonds. The molecule has 1 rings (SSSR count). The van der Waals surface area contributed by atoms with E-state index in [4.69, 9.17) is 16.7 Å². The third-order valence-electron chi connectivity index (χ3n) is 2.45. The summed E-state index contributed by atoms with van der Waals surface area (Å²) >= 11 is 5.50. The van der Waals surface area contributed by atoms with E-state index in [0.29, 0.717) is 0 Å². The molecule has 3 N–H and O–H groups in total. The smallest absolute Gasteiger partial charge is 0.319 e. The Balaban J connectivity index is 2.56. The van der Waals surface area contributed by atoms with Gasteiger partial charge < -0.3 is 15.7 Å². The number of amides is 2. The van der Waals surface area contributed by atoms with Crippen molar-refractivity contribution >= 4 is 29.3 Å². The first-order valence-electron chi connectivity index (χ1n) is 5.45. The predicted molar refractivity (Wildman–Crippen MR) is 69.8 cm³/mol. The molecule has 0 aliphatic carbocycles. The Bertz CT molecular complexity index is 506. The number of carbonyl (C=O) groups excluding carboxylic acids is 1. The molecule has 0 radical (unpaired) electrons. The molecule has 0 saturated carbocycles. The lowest BCUT2D eigenvalue weighted by Crippen LogP contribution is -2.40. The van der Waals surface area contributed by atoms with Crippen LogP contribution in [0, 0.1) is 11.2 Å². The molecule has 7 heteroatoms. The lowest BCUT2D eigenvalue weighted by Gasteiger charge is -2.19. The molecule has 5 nitrogen and oxygen atoms in total. The van der Waals surface area contributed by atoms with Crippen LogP contribution >= 0.6 is 11.6 Å². The molecule has 0 unspecified atom stereocenters. The highest BCUT2D eigenvalue weighted by molar-refractivity contribution is 6.30. The standard InChI is InChI=1S/C12H14ClFN2O3/c1-12(2,10(17)18)6-15-11(19)16-7-3-4-8(13)9(14)5-7/h3-5H,6H2,1-2H3,(H,17,18)(H2,15,16,19). The molecule has 0 saturated heterocycles. The first-order chi connectivity index (χ1) is 8.72. The number of carboxylic acid groups (broad SMARTS) is 1. The number of anilines is 1. The molecule has 0 heterocycles. The quantitative estimate of drug-likeness (QED) is 0.797. The van der Waals surface area contributed by atoms with Crippen LogP contribution in [0.3, 0.4) is 0 Å². The zero-order valence-electron chi connectivity index (χ0n) is 10.5. The average molecular weight is 289 g/mol. The molecule has 0 spiro atoms. The summed E-state index contributed by atoms with van der Waals surface area (Å²) in [6.07, 6.45) is 0. The molecule has 1 aromatic carbocycles. The van der Waals surface area contributed by atoms with Crippen LogP contribution in [-0.4, -0.2) is 23.7 Å². The number of carbonyl (C=O) groups is 2. The van der Waals surface area contributed by atoms with Crippen molar-refractivity contribution in [2.24, 2.45) is 5.41 Å². The molecular weight excluding hydrogens is 275 g/mol. The van der Waals surface area contributed by atoms with Crippen LogP contribution < -0.4 is 10.6 Å². The second kappa shape index (κ2) is 5.88. The fourth-order valence-electron chi connectivity index (χ4n) is 1.13. The molecule has 0 aliphatic heterocycles. The number of carboxylic acids is 1. The summed E-state index contributed by atoms with van der Waals surface area (Å²) in [7, 11) is 0. The average Bonchev–Trinajstić information content (AvgIpc) is 2.31. The minimum atomic E-state index is -1.08. The van der Waals surface area contributed by atoms with Crippen molar-refractivity contribution in [3.63, 3.8) is 0 Å².